The molecule has 0 saturated carbocycles. The van der Waals surface area contributed by atoms with Crippen molar-refractivity contribution in [1.82, 2.24) is 0 Å². The molecule has 0 N–H and O–H groups in total. The van der Waals surface area contributed by atoms with E-state index in [1.54, 1.807) is 0 Å². The number of alkyl halides is 1. The second-order valence-electron chi connectivity index (χ2n) is 5.71. The molecule has 0 unspecified atom stereocenters. The fraction of sp³-hybridized carbons (Fsp3) is 1.00. The van der Waals surface area contributed by atoms with Gasteiger partial charge in [-0.25, -0.2) is 0 Å². The second kappa shape index (κ2) is 21.4. The Hall–Kier alpha value is 0.360. The molecule has 0 aliphatic heterocycles. The van der Waals surface area contributed by atoms with Crippen LogP contribution in [0.5, 0.6) is 0 Å². The summed E-state index contributed by atoms with van der Waals surface area (Å²) in [6.45, 7) is 6.61. The molecule has 0 heterocycles. The third-order valence-corrected chi connectivity index (χ3v) is 3.93. The molecule has 0 bridgehead atoms. The lowest BCUT2D eigenvalue weighted by molar-refractivity contribution is 0.0168. The average Bonchev–Trinajstić information content (AvgIpc) is 2.54. The Morgan fingerprint density at radius 2 is 0.909 bits per heavy atom. The van der Waals surface area contributed by atoms with Gasteiger partial charge in [0.15, 0.2) is 0 Å². The summed E-state index contributed by atoms with van der Waals surface area (Å²) in [6.07, 6.45) is 13.7. The molecule has 0 saturated heterocycles. The summed E-state index contributed by atoms with van der Waals surface area (Å²) in [6, 6.07) is 0. The standard InChI is InChI=1S/C18H37BrO3/c1-2-3-4-5-6-7-8-9-10-11-13-20-15-17-22-18-16-21-14-12-19/h2-18H2,1H3. The van der Waals surface area contributed by atoms with Gasteiger partial charge in [-0.1, -0.05) is 80.6 Å². The monoisotopic (exact) mass is 380 g/mol. The van der Waals surface area contributed by atoms with E-state index in [0.29, 0.717) is 26.4 Å². The SMILES string of the molecule is CCCCCCCCCCCCOCCOCCOCCBr. The predicted molar refractivity (Wildman–Crippen MR) is 98.1 cm³/mol. The lowest BCUT2D eigenvalue weighted by Crippen LogP contribution is -2.10. The van der Waals surface area contributed by atoms with Crippen LogP contribution in [0.2, 0.25) is 0 Å². The molecule has 0 aromatic carbocycles. The Labute approximate surface area is 146 Å². The average molecular weight is 381 g/mol. The van der Waals surface area contributed by atoms with Gasteiger partial charge in [-0.3, -0.25) is 0 Å². The van der Waals surface area contributed by atoms with E-state index < -0.39 is 0 Å². The predicted octanol–water partition coefficient (Wildman–Crippen LogP) is 5.35. The van der Waals surface area contributed by atoms with E-state index in [1.165, 1.54) is 64.2 Å². The van der Waals surface area contributed by atoms with Crippen LogP contribution in [0.15, 0.2) is 0 Å². The van der Waals surface area contributed by atoms with E-state index in [2.05, 4.69) is 22.9 Å². The topological polar surface area (TPSA) is 27.7 Å². The van der Waals surface area contributed by atoms with Crippen molar-refractivity contribution in [3.8, 4) is 0 Å². The molecule has 0 aromatic rings. The zero-order chi connectivity index (χ0) is 16.1. The Morgan fingerprint density at radius 3 is 1.41 bits per heavy atom. The van der Waals surface area contributed by atoms with Gasteiger partial charge in [0, 0.05) is 11.9 Å². The summed E-state index contributed by atoms with van der Waals surface area (Å²) >= 11 is 3.31. The van der Waals surface area contributed by atoms with Crippen LogP contribution in [0.25, 0.3) is 0 Å². The van der Waals surface area contributed by atoms with Crippen LogP contribution >= 0.6 is 15.9 Å². The molecule has 3 nitrogen and oxygen atoms in total. The van der Waals surface area contributed by atoms with Crippen LogP contribution in [-0.4, -0.2) is 45.0 Å². The van der Waals surface area contributed by atoms with Gasteiger partial charge in [-0.2, -0.15) is 0 Å². The smallest absolute Gasteiger partial charge is 0.0701 e. The van der Waals surface area contributed by atoms with Crippen LogP contribution in [0.3, 0.4) is 0 Å². The van der Waals surface area contributed by atoms with Crippen molar-refractivity contribution in [2.24, 2.45) is 0 Å². The molecule has 0 rings (SSSR count). The number of hydrogen-bond donors (Lipinski definition) is 0. The molecule has 0 radical (unpaired) electrons. The fourth-order valence-electron chi connectivity index (χ4n) is 2.29. The van der Waals surface area contributed by atoms with Crippen molar-refractivity contribution < 1.29 is 14.2 Å². The van der Waals surface area contributed by atoms with Gasteiger partial charge in [0.25, 0.3) is 0 Å². The first kappa shape index (κ1) is 22.4. The van der Waals surface area contributed by atoms with Crippen LogP contribution in [0.4, 0.5) is 0 Å². The molecule has 0 atom stereocenters. The van der Waals surface area contributed by atoms with E-state index in [1.807, 2.05) is 0 Å². The molecule has 22 heavy (non-hydrogen) atoms. The highest BCUT2D eigenvalue weighted by molar-refractivity contribution is 9.09. The molecule has 0 aliphatic rings. The number of ether oxygens (including phenoxy) is 3. The Kier molecular flexibility index (Phi) is 21.7. The quantitative estimate of drug-likeness (QED) is 0.223. The van der Waals surface area contributed by atoms with Crippen molar-refractivity contribution in [1.29, 1.82) is 0 Å². The number of rotatable bonds is 19. The van der Waals surface area contributed by atoms with E-state index in [0.717, 1.165) is 18.5 Å². The van der Waals surface area contributed by atoms with Crippen molar-refractivity contribution >= 4 is 15.9 Å². The molecule has 0 aliphatic carbocycles. The summed E-state index contributed by atoms with van der Waals surface area (Å²) in [5, 5.41) is 0.884. The third-order valence-electron chi connectivity index (χ3n) is 3.61. The second-order valence-corrected chi connectivity index (χ2v) is 6.50. The van der Waals surface area contributed by atoms with Crippen LogP contribution < -0.4 is 0 Å². The minimum Gasteiger partial charge on any atom is -0.379 e. The van der Waals surface area contributed by atoms with Gasteiger partial charge in [0.05, 0.1) is 33.0 Å². The van der Waals surface area contributed by atoms with Gasteiger partial charge in [-0.15, -0.1) is 0 Å². The van der Waals surface area contributed by atoms with Crippen molar-refractivity contribution in [2.45, 2.75) is 71.1 Å². The summed E-state index contributed by atoms with van der Waals surface area (Å²) in [5.74, 6) is 0. The lowest BCUT2D eigenvalue weighted by atomic mass is 10.1. The van der Waals surface area contributed by atoms with Crippen LogP contribution in [0.1, 0.15) is 71.1 Å². The maximum absolute atomic E-state index is 5.56. The van der Waals surface area contributed by atoms with Crippen molar-refractivity contribution in [3.05, 3.63) is 0 Å². The normalized spacial score (nSPS) is 11.2. The van der Waals surface area contributed by atoms with Gasteiger partial charge >= 0.3 is 0 Å². The Bertz CT molecular complexity index is 171. The maximum atomic E-state index is 5.56. The minimum absolute atomic E-state index is 0.661. The highest BCUT2D eigenvalue weighted by atomic mass is 79.9. The zero-order valence-electron chi connectivity index (χ0n) is 14.6. The summed E-state index contributed by atoms with van der Waals surface area (Å²) < 4.78 is 16.3. The van der Waals surface area contributed by atoms with E-state index in [9.17, 15) is 0 Å². The molecule has 0 aromatic heterocycles. The first-order chi connectivity index (χ1) is 10.9. The summed E-state index contributed by atoms with van der Waals surface area (Å²) in [5.41, 5.74) is 0. The number of unbranched alkanes of at least 4 members (excludes halogenated alkanes) is 9. The Balaban J connectivity index is 2.91. The van der Waals surface area contributed by atoms with Crippen molar-refractivity contribution in [2.75, 3.05) is 45.0 Å². The molecule has 0 amide bonds. The fourth-order valence-corrected chi connectivity index (χ4v) is 2.52. The largest absolute Gasteiger partial charge is 0.379 e. The summed E-state index contributed by atoms with van der Waals surface area (Å²) in [7, 11) is 0. The number of halogens is 1. The van der Waals surface area contributed by atoms with Gasteiger partial charge in [0.1, 0.15) is 0 Å². The molecule has 134 valence electrons. The van der Waals surface area contributed by atoms with E-state index in [-0.39, 0.29) is 0 Å². The third kappa shape index (κ3) is 20.4. The first-order valence-corrected chi connectivity index (χ1v) is 10.3. The molecule has 0 spiro atoms. The highest BCUT2D eigenvalue weighted by Crippen LogP contribution is 2.10. The maximum Gasteiger partial charge on any atom is 0.0701 e. The highest BCUT2D eigenvalue weighted by Gasteiger charge is 1.94. The number of hydrogen-bond acceptors (Lipinski definition) is 3. The van der Waals surface area contributed by atoms with Crippen LogP contribution in [-0.2, 0) is 14.2 Å². The molecular formula is C18H37BrO3. The van der Waals surface area contributed by atoms with E-state index in [4.69, 9.17) is 14.2 Å². The summed E-state index contributed by atoms with van der Waals surface area (Å²) in [4.78, 5) is 0. The Morgan fingerprint density at radius 1 is 0.500 bits per heavy atom. The minimum atomic E-state index is 0.661. The zero-order valence-corrected chi connectivity index (χ0v) is 16.2. The van der Waals surface area contributed by atoms with Crippen molar-refractivity contribution in [3.63, 3.8) is 0 Å². The molecule has 4 heteroatoms. The lowest BCUT2D eigenvalue weighted by Gasteiger charge is -2.06. The van der Waals surface area contributed by atoms with Crippen LogP contribution in [0, 0.1) is 0 Å². The molecular weight excluding hydrogens is 344 g/mol. The first-order valence-electron chi connectivity index (χ1n) is 9.21. The van der Waals surface area contributed by atoms with Gasteiger partial charge in [0.2, 0.25) is 0 Å². The van der Waals surface area contributed by atoms with Gasteiger partial charge in [-0.05, 0) is 6.42 Å². The molecule has 0 fully saturated rings. The van der Waals surface area contributed by atoms with Gasteiger partial charge < -0.3 is 14.2 Å². The van der Waals surface area contributed by atoms with E-state index >= 15 is 0 Å².